The number of phenols is 1. The summed E-state index contributed by atoms with van der Waals surface area (Å²) in [6.07, 6.45) is 3.27. The summed E-state index contributed by atoms with van der Waals surface area (Å²) in [5, 5.41) is 9.63. The van der Waals surface area contributed by atoms with Crippen LogP contribution in [0.3, 0.4) is 0 Å². The molecule has 0 saturated heterocycles. The maximum absolute atomic E-state index is 13.2. The SMILES string of the molecule is Cc1ccc(F)c(O)c1[C@H](N)CC1CC1. The number of halogens is 1. The van der Waals surface area contributed by atoms with Crippen molar-refractivity contribution >= 4 is 0 Å². The van der Waals surface area contributed by atoms with Crippen LogP contribution in [0.25, 0.3) is 0 Å². The van der Waals surface area contributed by atoms with Gasteiger partial charge in [-0.3, -0.25) is 0 Å². The molecular formula is C12H16FNO. The van der Waals surface area contributed by atoms with Crippen LogP contribution in [0.1, 0.15) is 36.4 Å². The van der Waals surface area contributed by atoms with Crippen LogP contribution in [-0.2, 0) is 0 Å². The van der Waals surface area contributed by atoms with E-state index in [1.54, 1.807) is 6.07 Å². The largest absolute Gasteiger partial charge is 0.505 e. The van der Waals surface area contributed by atoms with Crippen LogP contribution in [0.2, 0.25) is 0 Å². The molecule has 1 aromatic rings. The summed E-state index contributed by atoms with van der Waals surface area (Å²) in [4.78, 5) is 0. The third-order valence-electron chi connectivity index (χ3n) is 3.04. The van der Waals surface area contributed by atoms with Gasteiger partial charge in [-0.25, -0.2) is 4.39 Å². The Kier molecular flexibility index (Phi) is 2.65. The van der Waals surface area contributed by atoms with Gasteiger partial charge in [-0.2, -0.15) is 0 Å². The monoisotopic (exact) mass is 209 g/mol. The Morgan fingerprint density at radius 2 is 2.20 bits per heavy atom. The number of benzene rings is 1. The van der Waals surface area contributed by atoms with Crippen LogP contribution in [0.5, 0.6) is 5.75 Å². The molecule has 3 heteroatoms. The van der Waals surface area contributed by atoms with Crippen molar-refractivity contribution in [2.24, 2.45) is 11.7 Å². The summed E-state index contributed by atoms with van der Waals surface area (Å²) in [6, 6.07) is 2.70. The molecule has 1 aliphatic carbocycles. The Bertz CT molecular complexity index is 374. The van der Waals surface area contributed by atoms with Crippen molar-refractivity contribution in [3.05, 3.63) is 29.1 Å². The zero-order chi connectivity index (χ0) is 11.0. The third kappa shape index (κ3) is 2.12. The predicted octanol–water partition coefficient (Wildman–Crippen LogP) is 2.64. The Hall–Kier alpha value is -1.09. The minimum absolute atomic E-state index is 0.242. The second kappa shape index (κ2) is 3.81. The number of aromatic hydroxyl groups is 1. The van der Waals surface area contributed by atoms with Gasteiger partial charge in [-0.15, -0.1) is 0 Å². The van der Waals surface area contributed by atoms with E-state index in [2.05, 4.69) is 0 Å². The standard InChI is InChI=1S/C12H16FNO/c1-7-2-5-9(13)12(15)11(7)10(14)6-8-3-4-8/h2,5,8,10,15H,3-4,6,14H2,1H3/t10-/m1/s1. The topological polar surface area (TPSA) is 46.2 Å². The van der Waals surface area contributed by atoms with Crippen LogP contribution in [0, 0.1) is 18.7 Å². The van der Waals surface area contributed by atoms with Crippen molar-refractivity contribution in [2.75, 3.05) is 0 Å². The van der Waals surface area contributed by atoms with Gasteiger partial charge in [0.15, 0.2) is 11.6 Å². The molecule has 1 atom stereocenters. The van der Waals surface area contributed by atoms with Gasteiger partial charge >= 0.3 is 0 Å². The van der Waals surface area contributed by atoms with Gasteiger partial charge in [0.2, 0.25) is 0 Å². The summed E-state index contributed by atoms with van der Waals surface area (Å²) in [5.41, 5.74) is 7.41. The van der Waals surface area contributed by atoms with Gasteiger partial charge in [0.05, 0.1) is 0 Å². The van der Waals surface area contributed by atoms with E-state index in [0.717, 1.165) is 12.0 Å². The Morgan fingerprint density at radius 3 is 2.80 bits per heavy atom. The van der Waals surface area contributed by atoms with Crippen molar-refractivity contribution in [1.82, 2.24) is 0 Å². The first-order valence-electron chi connectivity index (χ1n) is 5.33. The van der Waals surface area contributed by atoms with Gasteiger partial charge < -0.3 is 10.8 Å². The van der Waals surface area contributed by atoms with Crippen molar-refractivity contribution in [3.63, 3.8) is 0 Å². The molecule has 0 aliphatic heterocycles. The van der Waals surface area contributed by atoms with E-state index < -0.39 is 5.82 Å². The normalized spacial score (nSPS) is 17.8. The molecule has 0 amide bonds. The number of hydrogen-bond acceptors (Lipinski definition) is 2. The number of aryl methyl sites for hydroxylation is 1. The van der Waals surface area contributed by atoms with Crippen molar-refractivity contribution in [1.29, 1.82) is 0 Å². The highest BCUT2D eigenvalue weighted by molar-refractivity contribution is 5.42. The van der Waals surface area contributed by atoms with Crippen LogP contribution in [0.4, 0.5) is 4.39 Å². The van der Waals surface area contributed by atoms with Gasteiger partial charge in [-0.1, -0.05) is 18.9 Å². The van der Waals surface area contributed by atoms with E-state index in [4.69, 9.17) is 5.73 Å². The van der Waals surface area contributed by atoms with E-state index in [-0.39, 0.29) is 11.8 Å². The van der Waals surface area contributed by atoms with E-state index >= 15 is 0 Å². The molecule has 0 bridgehead atoms. The van der Waals surface area contributed by atoms with Crippen molar-refractivity contribution in [2.45, 2.75) is 32.2 Å². The van der Waals surface area contributed by atoms with Crippen molar-refractivity contribution < 1.29 is 9.50 Å². The first kappa shape index (κ1) is 10.4. The summed E-state index contributed by atoms with van der Waals surface area (Å²) >= 11 is 0. The first-order chi connectivity index (χ1) is 7.09. The lowest BCUT2D eigenvalue weighted by Gasteiger charge is -2.16. The molecule has 15 heavy (non-hydrogen) atoms. The minimum Gasteiger partial charge on any atom is -0.505 e. The molecule has 1 fully saturated rings. The second-order valence-corrected chi connectivity index (χ2v) is 4.41. The lowest BCUT2D eigenvalue weighted by atomic mass is 9.96. The average Bonchev–Trinajstić information content (AvgIpc) is 2.96. The van der Waals surface area contributed by atoms with Crippen LogP contribution >= 0.6 is 0 Å². The summed E-state index contributed by atoms with van der Waals surface area (Å²) in [7, 11) is 0. The number of nitrogens with two attached hydrogens (primary N) is 1. The zero-order valence-corrected chi connectivity index (χ0v) is 8.83. The Balaban J connectivity index is 2.27. The highest BCUT2D eigenvalue weighted by Gasteiger charge is 2.27. The van der Waals surface area contributed by atoms with Crippen LogP contribution in [0.15, 0.2) is 12.1 Å². The molecule has 2 rings (SSSR count). The molecule has 1 aliphatic rings. The molecule has 3 N–H and O–H groups in total. The third-order valence-corrected chi connectivity index (χ3v) is 3.04. The van der Waals surface area contributed by atoms with Crippen molar-refractivity contribution in [3.8, 4) is 5.75 Å². The lowest BCUT2D eigenvalue weighted by Crippen LogP contribution is -2.13. The lowest BCUT2D eigenvalue weighted by molar-refractivity contribution is 0.415. The van der Waals surface area contributed by atoms with Gasteiger partial charge in [-0.05, 0) is 30.9 Å². The van der Waals surface area contributed by atoms with E-state index in [1.807, 2.05) is 6.92 Å². The van der Waals surface area contributed by atoms with E-state index in [1.165, 1.54) is 18.9 Å². The van der Waals surface area contributed by atoms with Gasteiger partial charge in [0, 0.05) is 11.6 Å². The number of hydrogen-bond donors (Lipinski definition) is 2. The fraction of sp³-hybridized carbons (Fsp3) is 0.500. The predicted molar refractivity (Wildman–Crippen MR) is 57.1 cm³/mol. The summed E-state index contributed by atoms with van der Waals surface area (Å²) in [6.45, 7) is 1.85. The fourth-order valence-corrected chi connectivity index (χ4v) is 1.98. The molecular weight excluding hydrogens is 193 g/mol. The highest BCUT2D eigenvalue weighted by Crippen LogP contribution is 2.39. The first-order valence-corrected chi connectivity index (χ1v) is 5.33. The summed E-state index contributed by atoms with van der Waals surface area (Å²) in [5.74, 6) is -0.188. The van der Waals surface area contributed by atoms with E-state index in [0.29, 0.717) is 11.5 Å². The molecule has 0 spiro atoms. The number of rotatable bonds is 3. The fourth-order valence-electron chi connectivity index (χ4n) is 1.98. The van der Waals surface area contributed by atoms with Crippen LogP contribution in [-0.4, -0.2) is 5.11 Å². The highest BCUT2D eigenvalue weighted by atomic mass is 19.1. The molecule has 1 aromatic carbocycles. The molecule has 82 valence electrons. The van der Waals surface area contributed by atoms with E-state index in [9.17, 15) is 9.50 Å². The Morgan fingerprint density at radius 1 is 1.53 bits per heavy atom. The van der Waals surface area contributed by atoms with Gasteiger partial charge in [0.25, 0.3) is 0 Å². The second-order valence-electron chi connectivity index (χ2n) is 4.41. The molecule has 0 unspecified atom stereocenters. The maximum Gasteiger partial charge on any atom is 0.165 e. The molecule has 1 saturated carbocycles. The molecule has 0 heterocycles. The molecule has 0 aromatic heterocycles. The Labute approximate surface area is 88.9 Å². The zero-order valence-electron chi connectivity index (χ0n) is 8.83. The molecule has 0 radical (unpaired) electrons. The quantitative estimate of drug-likeness (QED) is 0.803. The average molecular weight is 209 g/mol. The number of phenolic OH excluding ortho intramolecular Hbond substituents is 1. The summed E-state index contributed by atoms with van der Waals surface area (Å²) < 4.78 is 13.2. The van der Waals surface area contributed by atoms with Gasteiger partial charge in [0.1, 0.15) is 0 Å². The molecule has 2 nitrogen and oxygen atoms in total. The smallest absolute Gasteiger partial charge is 0.165 e. The van der Waals surface area contributed by atoms with Crippen LogP contribution < -0.4 is 5.73 Å². The minimum atomic E-state index is -0.582. The maximum atomic E-state index is 13.2.